The Morgan fingerprint density at radius 2 is 2.42 bits per heavy atom. The number of morpholine rings is 1. The topological polar surface area (TPSA) is 32.7 Å². The van der Waals surface area contributed by atoms with Gasteiger partial charge in [0.15, 0.2) is 0 Å². The van der Waals surface area contributed by atoms with Crippen LogP contribution in [0.15, 0.2) is 0 Å². The van der Waals surface area contributed by atoms with E-state index >= 15 is 0 Å². The summed E-state index contributed by atoms with van der Waals surface area (Å²) in [7, 11) is 0. The van der Waals surface area contributed by atoms with Crippen LogP contribution in [0.25, 0.3) is 0 Å². The molecule has 1 N–H and O–H groups in total. The number of ether oxygens (including phenoxy) is 1. The number of aliphatic hydroxyl groups is 1. The molecule has 1 heterocycles. The standard InChI is InChI=1S/C9H19NO2/c1-3-9(11)7-10-4-5-12-8(2)6-10/h8-9,11H,3-7H2,1-2H3. The number of aliphatic hydroxyl groups excluding tert-OH is 1. The Kier molecular flexibility index (Phi) is 3.98. The third-order valence-corrected chi connectivity index (χ3v) is 2.27. The number of hydrogen-bond donors (Lipinski definition) is 1. The lowest BCUT2D eigenvalue weighted by Crippen LogP contribution is -2.44. The minimum atomic E-state index is -0.171. The number of hydrogen-bond acceptors (Lipinski definition) is 3. The van der Waals surface area contributed by atoms with E-state index in [9.17, 15) is 5.11 Å². The maximum Gasteiger partial charge on any atom is 0.0674 e. The first kappa shape index (κ1) is 9.96. The first-order valence-corrected chi connectivity index (χ1v) is 4.74. The molecule has 0 spiro atoms. The number of rotatable bonds is 3. The summed E-state index contributed by atoms with van der Waals surface area (Å²) in [5.41, 5.74) is 0. The molecule has 1 aliphatic heterocycles. The Bertz CT molecular complexity index is 130. The van der Waals surface area contributed by atoms with Crippen LogP contribution in [0.2, 0.25) is 0 Å². The maximum atomic E-state index is 9.41. The molecule has 0 aromatic carbocycles. The summed E-state index contributed by atoms with van der Waals surface area (Å²) in [6.45, 7) is 7.60. The first-order chi connectivity index (χ1) is 5.72. The summed E-state index contributed by atoms with van der Waals surface area (Å²) >= 11 is 0. The summed E-state index contributed by atoms with van der Waals surface area (Å²) in [6, 6.07) is 0. The predicted octanol–water partition coefficient (Wildman–Crippen LogP) is 0.478. The van der Waals surface area contributed by atoms with E-state index in [0.717, 1.165) is 32.7 Å². The lowest BCUT2D eigenvalue weighted by atomic mass is 10.2. The second-order valence-corrected chi connectivity index (χ2v) is 3.50. The highest BCUT2D eigenvalue weighted by Gasteiger charge is 2.17. The van der Waals surface area contributed by atoms with Gasteiger partial charge in [-0.3, -0.25) is 4.90 Å². The number of β-amino-alcohol motifs (C(OH)–C–C–N with tert-alkyl or cyclic N) is 1. The molecule has 1 fully saturated rings. The molecular formula is C9H19NO2. The van der Waals surface area contributed by atoms with E-state index in [-0.39, 0.29) is 6.10 Å². The van der Waals surface area contributed by atoms with Gasteiger partial charge >= 0.3 is 0 Å². The summed E-state index contributed by atoms with van der Waals surface area (Å²) in [5, 5.41) is 9.41. The first-order valence-electron chi connectivity index (χ1n) is 4.74. The maximum absolute atomic E-state index is 9.41. The van der Waals surface area contributed by atoms with Crippen LogP contribution in [-0.2, 0) is 4.74 Å². The van der Waals surface area contributed by atoms with Crippen LogP contribution in [0.1, 0.15) is 20.3 Å². The van der Waals surface area contributed by atoms with E-state index in [1.54, 1.807) is 0 Å². The average molecular weight is 173 g/mol. The zero-order chi connectivity index (χ0) is 8.97. The average Bonchev–Trinajstić information content (AvgIpc) is 2.04. The van der Waals surface area contributed by atoms with Crippen molar-refractivity contribution in [3.63, 3.8) is 0 Å². The fraction of sp³-hybridized carbons (Fsp3) is 1.00. The van der Waals surface area contributed by atoms with Crippen molar-refractivity contribution in [3.8, 4) is 0 Å². The summed E-state index contributed by atoms with van der Waals surface area (Å²) in [4.78, 5) is 2.27. The normalized spacial score (nSPS) is 28.8. The Hall–Kier alpha value is -0.120. The highest BCUT2D eigenvalue weighted by Crippen LogP contribution is 2.05. The lowest BCUT2D eigenvalue weighted by molar-refractivity contribution is -0.0318. The monoisotopic (exact) mass is 173 g/mol. The molecule has 1 rings (SSSR count). The molecule has 0 aromatic heterocycles. The Morgan fingerprint density at radius 3 is 3.00 bits per heavy atom. The van der Waals surface area contributed by atoms with E-state index in [0.29, 0.717) is 6.10 Å². The highest BCUT2D eigenvalue weighted by molar-refractivity contribution is 4.70. The molecule has 0 aromatic rings. The van der Waals surface area contributed by atoms with Crippen molar-refractivity contribution < 1.29 is 9.84 Å². The zero-order valence-corrected chi connectivity index (χ0v) is 7.99. The van der Waals surface area contributed by atoms with Crippen LogP contribution in [0, 0.1) is 0 Å². The van der Waals surface area contributed by atoms with Gasteiger partial charge in [0.2, 0.25) is 0 Å². The highest BCUT2D eigenvalue weighted by atomic mass is 16.5. The SMILES string of the molecule is CCC(O)CN1CCOC(C)C1. The van der Waals surface area contributed by atoms with Gasteiger partial charge in [-0.05, 0) is 13.3 Å². The van der Waals surface area contributed by atoms with Gasteiger partial charge < -0.3 is 9.84 Å². The van der Waals surface area contributed by atoms with E-state index in [1.807, 2.05) is 6.92 Å². The predicted molar refractivity (Wildman–Crippen MR) is 48.2 cm³/mol. The second-order valence-electron chi connectivity index (χ2n) is 3.50. The van der Waals surface area contributed by atoms with Crippen LogP contribution in [-0.4, -0.2) is 48.5 Å². The molecule has 0 amide bonds. The molecule has 0 aliphatic carbocycles. The van der Waals surface area contributed by atoms with E-state index in [2.05, 4.69) is 11.8 Å². The van der Waals surface area contributed by atoms with Gasteiger partial charge in [0, 0.05) is 19.6 Å². The fourth-order valence-corrected chi connectivity index (χ4v) is 1.48. The van der Waals surface area contributed by atoms with Crippen molar-refractivity contribution in [1.29, 1.82) is 0 Å². The van der Waals surface area contributed by atoms with Crippen LogP contribution < -0.4 is 0 Å². The van der Waals surface area contributed by atoms with E-state index in [1.165, 1.54) is 0 Å². The van der Waals surface area contributed by atoms with Gasteiger partial charge in [0.25, 0.3) is 0 Å². The minimum absolute atomic E-state index is 0.171. The Morgan fingerprint density at radius 1 is 1.67 bits per heavy atom. The third-order valence-electron chi connectivity index (χ3n) is 2.27. The van der Waals surface area contributed by atoms with Crippen LogP contribution in [0.4, 0.5) is 0 Å². The largest absolute Gasteiger partial charge is 0.392 e. The van der Waals surface area contributed by atoms with Gasteiger partial charge in [-0.25, -0.2) is 0 Å². The summed E-state index contributed by atoms with van der Waals surface area (Å²) in [6.07, 6.45) is 0.990. The number of nitrogens with zero attached hydrogens (tertiary/aromatic N) is 1. The molecule has 2 atom stereocenters. The van der Waals surface area contributed by atoms with Gasteiger partial charge in [0.1, 0.15) is 0 Å². The molecule has 0 bridgehead atoms. The minimum Gasteiger partial charge on any atom is -0.392 e. The van der Waals surface area contributed by atoms with Crippen molar-refractivity contribution in [1.82, 2.24) is 4.90 Å². The summed E-state index contributed by atoms with van der Waals surface area (Å²) < 4.78 is 5.40. The zero-order valence-electron chi connectivity index (χ0n) is 7.99. The summed E-state index contributed by atoms with van der Waals surface area (Å²) in [5.74, 6) is 0. The van der Waals surface area contributed by atoms with Gasteiger partial charge in [-0.15, -0.1) is 0 Å². The molecule has 3 nitrogen and oxygen atoms in total. The molecule has 72 valence electrons. The lowest BCUT2D eigenvalue weighted by Gasteiger charge is -2.32. The molecular weight excluding hydrogens is 154 g/mol. The van der Waals surface area contributed by atoms with Crippen molar-refractivity contribution >= 4 is 0 Å². The third kappa shape index (κ3) is 3.09. The molecule has 1 aliphatic rings. The molecule has 0 saturated carbocycles. The fourth-order valence-electron chi connectivity index (χ4n) is 1.48. The van der Waals surface area contributed by atoms with Crippen molar-refractivity contribution in [2.24, 2.45) is 0 Å². The molecule has 1 saturated heterocycles. The quantitative estimate of drug-likeness (QED) is 0.673. The van der Waals surface area contributed by atoms with Gasteiger partial charge in [-0.1, -0.05) is 6.92 Å². The van der Waals surface area contributed by atoms with Crippen molar-refractivity contribution in [2.45, 2.75) is 32.5 Å². The molecule has 3 heteroatoms. The van der Waals surface area contributed by atoms with Gasteiger partial charge in [-0.2, -0.15) is 0 Å². The van der Waals surface area contributed by atoms with E-state index < -0.39 is 0 Å². The smallest absolute Gasteiger partial charge is 0.0674 e. The molecule has 0 radical (unpaired) electrons. The van der Waals surface area contributed by atoms with Crippen LogP contribution in [0.5, 0.6) is 0 Å². The Balaban J connectivity index is 2.22. The Labute approximate surface area is 74.3 Å². The second kappa shape index (κ2) is 4.80. The van der Waals surface area contributed by atoms with E-state index in [4.69, 9.17) is 4.74 Å². The van der Waals surface area contributed by atoms with Crippen LogP contribution >= 0.6 is 0 Å². The van der Waals surface area contributed by atoms with Crippen molar-refractivity contribution in [2.75, 3.05) is 26.2 Å². The molecule has 12 heavy (non-hydrogen) atoms. The molecule has 2 unspecified atom stereocenters. The van der Waals surface area contributed by atoms with Crippen LogP contribution in [0.3, 0.4) is 0 Å². The van der Waals surface area contributed by atoms with Gasteiger partial charge in [0.05, 0.1) is 18.8 Å². The van der Waals surface area contributed by atoms with Crippen molar-refractivity contribution in [3.05, 3.63) is 0 Å².